The summed E-state index contributed by atoms with van der Waals surface area (Å²) in [7, 11) is 0. The monoisotopic (exact) mass is 186 g/mol. The number of nitrogens with one attached hydrogen (secondary N) is 1. The summed E-state index contributed by atoms with van der Waals surface area (Å²) in [6.07, 6.45) is 6.39. The minimum atomic E-state index is 0.220. The Hall–Kier alpha value is -0.440. The Bertz CT molecular complexity index is 145. The molecule has 2 nitrogen and oxygen atoms in total. The van der Waals surface area contributed by atoms with Crippen LogP contribution in [-0.4, -0.2) is 10.4 Å². The molecule has 0 spiro atoms. The van der Waals surface area contributed by atoms with E-state index >= 15 is 0 Å². The van der Waals surface area contributed by atoms with Crippen LogP contribution in [0.25, 0.3) is 0 Å². The zero-order valence-electron chi connectivity index (χ0n) is 7.68. The molecule has 0 aromatic heterocycles. The lowest BCUT2D eigenvalue weighted by Crippen LogP contribution is -2.11. The number of rotatable bonds is 6. The van der Waals surface area contributed by atoms with Gasteiger partial charge in [0.25, 0.3) is 0 Å². The van der Waals surface area contributed by atoms with Crippen LogP contribution in [0.15, 0.2) is 12.7 Å². The van der Waals surface area contributed by atoms with Crippen LogP contribution in [0.5, 0.6) is 0 Å². The van der Waals surface area contributed by atoms with Crippen LogP contribution in [0.2, 0.25) is 0 Å². The smallest absolute Gasteiger partial charge is 0.151 e. The lowest BCUT2D eigenvalue weighted by molar-refractivity contribution is 0.689. The quantitative estimate of drug-likeness (QED) is 0.381. The Morgan fingerprint density at radius 2 is 2.42 bits per heavy atom. The van der Waals surface area contributed by atoms with Gasteiger partial charge in [0.1, 0.15) is 0 Å². The van der Waals surface area contributed by atoms with Crippen molar-refractivity contribution in [3.63, 3.8) is 0 Å². The number of amidine groups is 1. The number of nitrogens with two attached hydrogens (primary N) is 1. The number of thioether (sulfide) groups is 1. The topological polar surface area (TPSA) is 49.9 Å². The first-order chi connectivity index (χ1) is 5.70. The predicted molar refractivity (Wildman–Crippen MR) is 57.6 cm³/mol. The highest BCUT2D eigenvalue weighted by Gasteiger charge is 2.07. The predicted octanol–water partition coefficient (Wildman–Crippen LogP) is 2.75. The van der Waals surface area contributed by atoms with Crippen LogP contribution in [-0.2, 0) is 0 Å². The van der Waals surface area contributed by atoms with Crippen molar-refractivity contribution in [3.8, 4) is 0 Å². The highest BCUT2D eigenvalue weighted by atomic mass is 32.2. The summed E-state index contributed by atoms with van der Waals surface area (Å²) in [6.45, 7) is 5.86. The second kappa shape index (κ2) is 7.22. The summed E-state index contributed by atoms with van der Waals surface area (Å²) in [5.74, 6) is 0. The van der Waals surface area contributed by atoms with Crippen molar-refractivity contribution in [1.29, 1.82) is 5.41 Å². The molecule has 1 atom stereocenters. The lowest BCUT2D eigenvalue weighted by atomic mass is 10.1. The Balaban J connectivity index is 3.68. The van der Waals surface area contributed by atoms with E-state index < -0.39 is 0 Å². The summed E-state index contributed by atoms with van der Waals surface area (Å²) in [6, 6.07) is 0. The highest BCUT2D eigenvalue weighted by molar-refractivity contribution is 8.14. The molecule has 3 N–H and O–H groups in total. The van der Waals surface area contributed by atoms with Crippen molar-refractivity contribution in [3.05, 3.63) is 12.7 Å². The maximum Gasteiger partial charge on any atom is 0.151 e. The van der Waals surface area contributed by atoms with Gasteiger partial charge in [0.15, 0.2) is 5.17 Å². The van der Waals surface area contributed by atoms with Crippen LogP contribution >= 0.6 is 11.8 Å². The summed E-state index contributed by atoms with van der Waals surface area (Å²) < 4.78 is 0. The molecule has 0 saturated heterocycles. The van der Waals surface area contributed by atoms with Gasteiger partial charge in [0, 0.05) is 5.25 Å². The number of hydrogen-bond donors (Lipinski definition) is 2. The van der Waals surface area contributed by atoms with Crippen molar-refractivity contribution >= 4 is 16.9 Å². The molecule has 0 saturated carbocycles. The first-order valence-electron chi connectivity index (χ1n) is 4.32. The molecule has 0 bridgehead atoms. The van der Waals surface area contributed by atoms with Gasteiger partial charge in [-0.05, 0) is 12.8 Å². The summed E-state index contributed by atoms with van der Waals surface area (Å²) in [5, 5.41) is 7.82. The fraction of sp³-hybridized carbons (Fsp3) is 0.667. The van der Waals surface area contributed by atoms with Gasteiger partial charge < -0.3 is 5.73 Å². The van der Waals surface area contributed by atoms with E-state index in [2.05, 4.69) is 13.5 Å². The van der Waals surface area contributed by atoms with Crippen LogP contribution in [0.4, 0.5) is 0 Å². The molecule has 0 aliphatic carbocycles. The zero-order valence-corrected chi connectivity index (χ0v) is 8.49. The normalized spacial score (nSPS) is 12.4. The summed E-state index contributed by atoms with van der Waals surface area (Å²) in [5.41, 5.74) is 5.31. The molecule has 1 unspecified atom stereocenters. The van der Waals surface area contributed by atoms with Gasteiger partial charge in [-0.3, -0.25) is 5.41 Å². The summed E-state index contributed by atoms with van der Waals surface area (Å²) in [4.78, 5) is 0. The molecular formula is C9H18N2S. The second-order valence-corrected chi connectivity index (χ2v) is 4.11. The van der Waals surface area contributed by atoms with E-state index in [0.29, 0.717) is 5.25 Å². The fourth-order valence-electron chi connectivity index (χ4n) is 1.02. The van der Waals surface area contributed by atoms with Gasteiger partial charge in [-0.2, -0.15) is 0 Å². The van der Waals surface area contributed by atoms with Crippen LogP contribution < -0.4 is 5.73 Å². The third-order valence-electron chi connectivity index (χ3n) is 1.60. The van der Waals surface area contributed by atoms with E-state index in [4.69, 9.17) is 11.1 Å². The van der Waals surface area contributed by atoms with E-state index in [1.54, 1.807) is 0 Å². The van der Waals surface area contributed by atoms with Gasteiger partial charge >= 0.3 is 0 Å². The molecule has 70 valence electrons. The molecule has 12 heavy (non-hydrogen) atoms. The fourth-order valence-corrected chi connectivity index (χ4v) is 1.90. The number of allylic oxidation sites excluding steroid dienone is 1. The van der Waals surface area contributed by atoms with Crippen molar-refractivity contribution in [2.45, 2.75) is 37.9 Å². The maximum atomic E-state index is 7.15. The van der Waals surface area contributed by atoms with Crippen LogP contribution in [0.1, 0.15) is 32.6 Å². The number of hydrogen-bond acceptors (Lipinski definition) is 2. The minimum absolute atomic E-state index is 0.220. The average molecular weight is 186 g/mol. The van der Waals surface area contributed by atoms with E-state index in [0.717, 1.165) is 12.8 Å². The Morgan fingerprint density at radius 3 is 2.83 bits per heavy atom. The van der Waals surface area contributed by atoms with Gasteiger partial charge in [-0.15, -0.1) is 6.58 Å². The molecule has 0 rings (SSSR count). The Kier molecular flexibility index (Phi) is 6.96. The minimum Gasteiger partial charge on any atom is -0.379 e. The molecule has 0 radical (unpaired) electrons. The standard InChI is InChI=1S/C9H18N2S/c1-3-5-7-8(6-4-2)12-9(10)11/h4,8H,2-3,5-7H2,1H3,(H3,10,11). The Labute approximate surface area is 79.1 Å². The van der Waals surface area contributed by atoms with Crippen molar-refractivity contribution < 1.29 is 0 Å². The zero-order chi connectivity index (χ0) is 9.40. The van der Waals surface area contributed by atoms with Gasteiger partial charge in [0.05, 0.1) is 0 Å². The SMILES string of the molecule is C=CCC(CCCC)SC(=N)N. The molecule has 0 amide bonds. The first-order valence-corrected chi connectivity index (χ1v) is 5.20. The van der Waals surface area contributed by atoms with Gasteiger partial charge in [0.2, 0.25) is 0 Å². The molecule has 0 aliphatic rings. The molecule has 0 aromatic carbocycles. The summed E-state index contributed by atoms with van der Waals surface area (Å²) >= 11 is 1.45. The van der Waals surface area contributed by atoms with Crippen molar-refractivity contribution in [2.75, 3.05) is 0 Å². The molecule has 3 heteroatoms. The average Bonchev–Trinajstić information content (AvgIpc) is 2.00. The second-order valence-electron chi connectivity index (χ2n) is 2.77. The Morgan fingerprint density at radius 1 is 1.75 bits per heavy atom. The molecular weight excluding hydrogens is 168 g/mol. The molecule has 0 fully saturated rings. The van der Waals surface area contributed by atoms with Crippen molar-refractivity contribution in [2.24, 2.45) is 5.73 Å². The first kappa shape index (κ1) is 11.6. The number of unbranched alkanes of at least 4 members (excludes halogenated alkanes) is 1. The highest BCUT2D eigenvalue weighted by Crippen LogP contribution is 2.20. The van der Waals surface area contributed by atoms with Gasteiger partial charge in [-0.1, -0.05) is 37.6 Å². The molecule has 0 heterocycles. The van der Waals surface area contributed by atoms with E-state index in [1.807, 2.05) is 6.08 Å². The molecule has 0 aliphatic heterocycles. The van der Waals surface area contributed by atoms with Crippen LogP contribution in [0, 0.1) is 5.41 Å². The third kappa shape index (κ3) is 6.28. The van der Waals surface area contributed by atoms with E-state index in [-0.39, 0.29) is 5.17 Å². The van der Waals surface area contributed by atoms with Crippen molar-refractivity contribution in [1.82, 2.24) is 0 Å². The maximum absolute atomic E-state index is 7.15. The largest absolute Gasteiger partial charge is 0.379 e. The van der Waals surface area contributed by atoms with E-state index in [9.17, 15) is 0 Å². The third-order valence-corrected chi connectivity index (χ3v) is 2.62. The molecule has 0 aromatic rings. The lowest BCUT2D eigenvalue weighted by Gasteiger charge is -2.12. The van der Waals surface area contributed by atoms with Gasteiger partial charge in [-0.25, -0.2) is 0 Å². The van der Waals surface area contributed by atoms with Crippen LogP contribution in [0.3, 0.4) is 0 Å². The van der Waals surface area contributed by atoms with E-state index in [1.165, 1.54) is 24.6 Å².